The Hall–Kier alpha value is -1.82. The Balaban J connectivity index is 2.31. The summed E-state index contributed by atoms with van der Waals surface area (Å²) in [6.45, 7) is 4.57. The third-order valence-electron chi connectivity index (χ3n) is 4.21. The van der Waals surface area contributed by atoms with E-state index in [4.69, 9.17) is 0 Å². The molecule has 0 spiro atoms. The van der Waals surface area contributed by atoms with Crippen molar-refractivity contribution in [3.8, 4) is 0 Å². The van der Waals surface area contributed by atoms with E-state index in [9.17, 15) is 0 Å². The maximum Gasteiger partial charge on any atom is -0.0143 e. The molecule has 0 heterocycles. The lowest BCUT2D eigenvalue weighted by molar-refractivity contribution is 0.646. The molecule has 0 aliphatic heterocycles. The Morgan fingerprint density at radius 1 is 0.737 bits per heavy atom. The van der Waals surface area contributed by atoms with Crippen LogP contribution in [0.25, 0.3) is 21.5 Å². The van der Waals surface area contributed by atoms with Gasteiger partial charge in [0.2, 0.25) is 0 Å². The van der Waals surface area contributed by atoms with Crippen molar-refractivity contribution in [2.24, 2.45) is 0 Å². The molecular formula is C19H20. The SMILES string of the molecule is CCC(CC)c1cccc2cc3ccccc3cc12. The lowest BCUT2D eigenvalue weighted by atomic mass is 9.89. The summed E-state index contributed by atoms with van der Waals surface area (Å²) in [5, 5.41) is 5.46. The summed E-state index contributed by atoms with van der Waals surface area (Å²) in [5.74, 6) is 0.671. The lowest BCUT2D eigenvalue weighted by Gasteiger charge is -2.16. The average molecular weight is 248 g/mol. The monoisotopic (exact) mass is 248 g/mol. The molecule has 0 aromatic heterocycles. The molecule has 0 heteroatoms. The minimum atomic E-state index is 0.671. The van der Waals surface area contributed by atoms with E-state index in [0.717, 1.165) is 0 Å². The molecule has 19 heavy (non-hydrogen) atoms. The quantitative estimate of drug-likeness (QED) is 0.506. The Bertz CT molecular complexity index is 705. The van der Waals surface area contributed by atoms with Gasteiger partial charge in [-0.3, -0.25) is 0 Å². The van der Waals surface area contributed by atoms with Crippen LogP contribution in [-0.2, 0) is 0 Å². The summed E-state index contributed by atoms with van der Waals surface area (Å²) in [5.41, 5.74) is 1.51. The Morgan fingerprint density at radius 3 is 2.05 bits per heavy atom. The van der Waals surface area contributed by atoms with Crippen LogP contribution in [-0.4, -0.2) is 0 Å². The van der Waals surface area contributed by atoms with Crippen LogP contribution in [0.3, 0.4) is 0 Å². The first-order valence-electron chi connectivity index (χ1n) is 7.25. The van der Waals surface area contributed by atoms with Gasteiger partial charge in [-0.2, -0.15) is 0 Å². The van der Waals surface area contributed by atoms with E-state index in [2.05, 4.69) is 68.4 Å². The number of hydrogen-bond donors (Lipinski definition) is 0. The topological polar surface area (TPSA) is 0 Å². The third-order valence-corrected chi connectivity index (χ3v) is 4.21. The van der Waals surface area contributed by atoms with Crippen LogP contribution in [0.2, 0.25) is 0 Å². The molecular weight excluding hydrogens is 228 g/mol. The predicted octanol–water partition coefficient (Wildman–Crippen LogP) is 5.90. The van der Waals surface area contributed by atoms with Gasteiger partial charge in [-0.25, -0.2) is 0 Å². The maximum absolute atomic E-state index is 2.36. The van der Waals surface area contributed by atoms with Crippen molar-refractivity contribution in [2.45, 2.75) is 32.6 Å². The molecule has 0 bridgehead atoms. The van der Waals surface area contributed by atoms with Gasteiger partial charge in [0.1, 0.15) is 0 Å². The van der Waals surface area contributed by atoms with Crippen molar-refractivity contribution in [3.05, 3.63) is 60.2 Å². The summed E-state index contributed by atoms with van der Waals surface area (Å²) in [4.78, 5) is 0. The molecule has 0 aliphatic rings. The van der Waals surface area contributed by atoms with E-state index in [1.807, 2.05) is 0 Å². The third kappa shape index (κ3) is 2.12. The number of rotatable bonds is 3. The summed E-state index contributed by atoms with van der Waals surface area (Å²) in [6, 6.07) is 20.0. The minimum Gasteiger partial charge on any atom is -0.0648 e. The molecule has 3 aromatic rings. The molecule has 0 atom stereocenters. The van der Waals surface area contributed by atoms with Crippen LogP contribution in [0, 0.1) is 0 Å². The fourth-order valence-electron chi connectivity index (χ4n) is 3.08. The fourth-order valence-corrected chi connectivity index (χ4v) is 3.08. The molecule has 3 aromatic carbocycles. The van der Waals surface area contributed by atoms with Gasteiger partial charge in [-0.1, -0.05) is 56.3 Å². The van der Waals surface area contributed by atoms with Crippen molar-refractivity contribution < 1.29 is 0 Å². The second kappa shape index (κ2) is 5.05. The van der Waals surface area contributed by atoms with E-state index in [1.54, 1.807) is 0 Å². The van der Waals surface area contributed by atoms with Gasteiger partial charge in [0.05, 0.1) is 0 Å². The molecule has 0 saturated carbocycles. The molecule has 0 saturated heterocycles. The Kier molecular flexibility index (Phi) is 3.25. The van der Waals surface area contributed by atoms with Gasteiger partial charge >= 0.3 is 0 Å². The van der Waals surface area contributed by atoms with Gasteiger partial charge < -0.3 is 0 Å². The van der Waals surface area contributed by atoms with Gasteiger partial charge in [-0.05, 0) is 58.0 Å². The van der Waals surface area contributed by atoms with E-state index in [-0.39, 0.29) is 0 Å². The highest BCUT2D eigenvalue weighted by Crippen LogP contribution is 2.32. The van der Waals surface area contributed by atoms with Gasteiger partial charge in [0, 0.05) is 0 Å². The first-order valence-corrected chi connectivity index (χ1v) is 7.25. The standard InChI is InChI=1S/C19H20/c1-3-14(4-2)18-11-7-10-17-12-15-8-5-6-9-16(15)13-19(17)18/h5-14H,3-4H2,1-2H3. The first kappa shape index (κ1) is 12.2. The van der Waals surface area contributed by atoms with E-state index >= 15 is 0 Å². The normalized spacial score (nSPS) is 11.5. The van der Waals surface area contributed by atoms with Gasteiger partial charge in [0.25, 0.3) is 0 Å². The zero-order chi connectivity index (χ0) is 13.2. The second-order valence-corrected chi connectivity index (χ2v) is 5.28. The molecule has 0 amide bonds. The summed E-state index contributed by atoms with van der Waals surface area (Å²) >= 11 is 0. The Labute approximate surface area is 115 Å². The highest BCUT2D eigenvalue weighted by molar-refractivity contribution is 5.99. The molecule has 3 rings (SSSR count). The van der Waals surface area contributed by atoms with Crippen LogP contribution in [0.1, 0.15) is 38.2 Å². The predicted molar refractivity (Wildman–Crippen MR) is 84.8 cm³/mol. The van der Waals surface area contributed by atoms with Crippen molar-refractivity contribution in [1.82, 2.24) is 0 Å². The zero-order valence-electron chi connectivity index (χ0n) is 11.7. The highest BCUT2D eigenvalue weighted by atomic mass is 14.1. The van der Waals surface area contributed by atoms with Crippen LogP contribution in [0.15, 0.2) is 54.6 Å². The summed E-state index contributed by atoms with van der Waals surface area (Å²) in [7, 11) is 0. The van der Waals surface area contributed by atoms with Crippen LogP contribution < -0.4 is 0 Å². The molecule has 0 nitrogen and oxygen atoms in total. The Morgan fingerprint density at radius 2 is 1.37 bits per heavy atom. The van der Waals surface area contributed by atoms with Crippen molar-refractivity contribution >= 4 is 21.5 Å². The fraction of sp³-hybridized carbons (Fsp3) is 0.263. The molecule has 0 aliphatic carbocycles. The summed E-state index contributed by atoms with van der Waals surface area (Å²) < 4.78 is 0. The van der Waals surface area contributed by atoms with Crippen molar-refractivity contribution in [1.29, 1.82) is 0 Å². The zero-order valence-corrected chi connectivity index (χ0v) is 11.7. The first-order chi connectivity index (χ1) is 9.33. The van der Waals surface area contributed by atoms with Gasteiger partial charge in [0.15, 0.2) is 0 Å². The summed E-state index contributed by atoms with van der Waals surface area (Å²) in [6.07, 6.45) is 2.42. The maximum atomic E-state index is 2.36. The molecule has 0 unspecified atom stereocenters. The second-order valence-electron chi connectivity index (χ2n) is 5.28. The average Bonchev–Trinajstić information content (AvgIpc) is 2.46. The largest absolute Gasteiger partial charge is 0.0648 e. The molecule has 0 fully saturated rings. The lowest BCUT2D eigenvalue weighted by Crippen LogP contribution is -1.96. The highest BCUT2D eigenvalue weighted by Gasteiger charge is 2.10. The van der Waals surface area contributed by atoms with Gasteiger partial charge in [-0.15, -0.1) is 0 Å². The smallest absolute Gasteiger partial charge is 0.0143 e. The number of benzene rings is 3. The van der Waals surface area contributed by atoms with Crippen LogP contribution in [0.5, 0.6) is 0 Å². The van der Waals surface area contributed by atoms with E-state index in [1.165, 1.54) is 39.9 Å². The van der Waals surface area contributed by atoms with E-state index < -0.39 is 0 Å². The van der Waals surface area contributed by atoms with Crippen molar-refractivity contribution in [3.63, 3.8) is 0 Å². The van der Waals surface area contributed by atoms with Crippen LogP contribution >= 0.6 is 0 Å². The number of fused-ring (bicyclic) bond motifs is 2. The molecule has 0 N–H and O–H groups in total. The van der Waals surface area contributed by atoms with Crippen LogP contribution in [0.4, 0.5) is 0 Å². The number of hydrogen-bond acceptors (Lipinski definition) is 0. The minimum absolute atomic E-state index is 0.671. The van der Waals surface area contributed by atoms with E-state index in [0.29, 0.717) is 5.92 Å². The molecule has 0 radical (unpaired) electrons. The van der Waals surface area contributed by atoms with Crippen molar-refractivity contribution in [2.75, 3.05) is 0 Å². The molecule has 96 valence electrons.